The Labute approximate surface area is 96.2 Å². The third kappa shape index (κ3) is 1.96. The van der Waals surface area contributed by atoms with E-state index in [1.54, 1.807) is 0 Å². The van der Waals surface area contributed by atoms with Crippen LogP contribution < -0.4 is 10.6 Å². The van der Waals surface area contributed by atoms with Gasteiger partial charge in [0.05, 0.1) is 12.6 Å². The average molecular weight is 218 g/mol. The van der Waals surface area contributed by atoms with Crippen LogP contribution in [0.25, 0.3) is 0 Å². The SMILES string of the molecule is C=CCN1CCc2cc([C@H](N)CO)ccc21. The van der Waals surface area contributed by atoms with Crippen LogP contribution in [0.1, 0.15) is 17.2 Å². The quantitative estimate of drug-likeness (QED) is 0.747. The molecule has 3 N–H and O–H groups in total. The molecule has 3 nitrogen and oxygen atoms in total. The Kier molecular flexibility index (Phi) is 3.27. The van der Waals surface area contributed by atoms with Gasteiger partial charge in [0.25, 0.3) is 0 Å². The first-order valence-electron chi connectivity index (χ1n) is 5.61. The number of aliphatic hydroxyl groups excluding tert-OH is 1. The van der Waals surface area contributed by atoms with E-state index in [0.717, 1.165) is 25.1 Å². The third-order valence-corrected chi connectivity index (χ3v) is 3.07. The van der Waals surface area contributed by atoms with Crippen LogP contribution in [0.3, 0.4) is 0 Å². The van der Waals surface area contributed by atoms with E-state index in [9.17, 15) is 0 Å². The standard InChI is InChI=1S/C13H18N2O/c1-2-6-15-7-5-11-8-10(12(14)9-16)3-4-13(11)15/h2-4,8,12,16H,1,5-7,9,14H2/t12-/m1/s1. The lowest BCUT2D eigenvalue weighted by Gasteiger charge is -2.17. The fraction of sp³-hybridized carbons (Fsp3) is 0.385. The number of aliphatic hydroxyl groups is 1. The highest BCUT2D eigenvalue weighted by molar-refractivity contribution is 5.59. The molecular weight excluding hydrogens is 200 g/mol. The monoisotopic (exact) mass is 218 g/mol. The number of benzene rings is 1. The molecule has 0 aromatic heterocycles. The lowest BCUT2D eigenvalue weighted by Crippen LogP contribution is -2.20. The van der Waals surface area contributed by atoms with Crippen molar-refractivity contribution in [2.45, 2.75) is 12.5 Å². The molecule has 0 spiro atoms. The van der Waals surface area contributed by atoms with Crippen LogP contribution in [0.15, 0.2) is 30.9 Å². The molecule has 1 heterocycles. The Balaban J connectivity index is 2.25. The first-order valence-corrected chi connectivity index (χ1v) is 5.61. The minimum Gasteiger partial charge on any atom is -0.394 e. The molecule has 16 heavy (non-hydrogen) atoms. The fourth-order valence-electron chi connectivity index (χ4n) is 2.17. The molecule has 2 rings (SSSR count). The van der Waals surface area contributed by atoms with E-state index >= 15 is 0 Å². The van der Waals surface area contributed by atoms with Gasteiger partial charge in [0.15, 0.2) is 0 Å². The van der Waals surface area contributed by atoms with Gasteiger partial charge in [-0.05, 0) is 23.6 Å². The van der Waals surface area contributed by atoms with Crippen LogP contribution in [0.5, 0.6) is 0 Å². The van der Waals surface area contributed by atoms with Crippen LogP contribution in [0.2, 0.25) is 0 Å². The van der Waals surface area contributed by atoms with Crippen molar-refractivity contribution in [1.82, 2.24) is 0 Å². The summed E-state index contributed by atoms with van der Waals surface area (Å²) >= 11 is 0. The molecule has 1 aromatic carbocycles. The zero-order chi connectivity index (χ0) is 11.5. The zero-order valence-electron chi connectivity index (χ0n) is 9.39. The molecular formula is C13H18N2O. The number of anilines is 1. The summed E-state index contributed by atoms with van der Waals surface area (Å²) in [5.41, 5.74) is 9.41. The first kappa shape index (κ1) is 11.2. The number of hydrogen-bond donors (Lipinski definition) is 2. The average Bonchev–Trinajstić information content (AvgIpc) is 2.71. The predicted molar refractivity (Wildman–Crippen MR) is 66.6 cm³/mol. The van der Waals surface area contributed by atoms with Gasteiger partial charge in [-0.3, -0.25) is 0 Å². The maximum absolute atomic E-state index is 9.02. The first-order chi connectivity index (χ1) is 7.76. The van der Waals surface area contributed by atoms with E-state index in [2.05, 4.69) is 23.6 Å². The molecule has 0 bridgehead atoms. The summed E-state index contributed by atoms with van der Waals surface area (Å²) in [4.78, 5) is 2.30. The van der Waals surface area contributed by atoms with Crippen molar-refractivity contribution in [2.24, 2.45) is 5.73 Å². The van der Waals surface area contributed by atoms with Crippen molar-refractivity contribution in [3.8, 4) is 0 Å². The molecule has 1 aliphatic heterocycles. The molecule has 0 saturated carbocycles. The summed E-state index contributed by atoms with van der Waals surface area (Å²) in [5, 5.41) is 9.02. The van der Waals surface area contributed by atoms with Gasteiger partial charge in [0, 0.05) is 18.8 Å². The summed E-state index contributed by atoms with van der Waals surface area (Å²) in [6.07, 6.45) is 2.97. The summed E-state index contributed by atoms with van der Waals surface area (Å²) in [6, 6.07) is 5.94. The van der Waals surface area contributed by atoms with Crippen LogP contribution in [-0.2, 0) is 6.42 Å². The summed E-state index contributed by atoms with van der Waals surface area (Å²) in [5.74, 6) is 0. The molecule has 0 fully saturated rings. The molecule has 1 aliphatic rings. The highest BCUT2D eigenvalue weighted by Gasteiger charge is 2.18. The summed E-state index contributed by atoms with van der Waals surface area (Å²) < 4.78 is 0. The number of nitrogens with two attached hydrogens (primary N) is 1. The third-order valence-electron chi connectivity index (χ3n) is 3.07. The second kappa shape index (κ2) is 4.68. The number of fused-ring (bicyclic) bond motifs is 1. The second-order valence-corrected chi connectivity index (χ2v) is 4.16. The van der Waals surface area contributed by atoms with Crippen molar-refractivity contribution in [2.75, 3.05) is 24.6 Å². The molecule has 1 aromatic rings. The highest BCUT2D eigenvalue weighted by atomic mass is 16.3. The maximum Gasteiger partial charge on any atom is 0.0624 e. The minimum absolute atomic E-state index is 0.00480. The van der Waals surface area contributed by atoms with Crippen LogP contribution >= 0.6 is 0 Å². The zero-order valence-corrected chi connectivity index (χ0v) is 9.39. The van der Waals surface area contributed by atoms with Gasteiger partial charge in [0.1, 0.15) is 0 Å². The normalized spacial score (nSPS) is 16.0. The molecule has 0 saturated heterocycles. The molecule has 0 unspecified atom stereocenters. The summed E-state index contributed by atoms with van der Waals surface area (Å²) in [6.45, 7) is 5.68. The Morgan fingerprint density at radius 3 is 3.06 bits per heavy atom. The molecule has 0 amide bonds. The van der Waals surface area contributed by atoms with E-state index in [4.69, 9.17) is 10.8 Å². The van der Waals surface area contributed by atoms with Gasteiger partial charge in [-0.25, -0.2) is 0 Å². The van der Waals surface area contributed by atoms with E-state index < -0.39 is 0 Å². The lowest BCUT2D eigenvalue weighted by atomic mass is 10.0. The van der Waals surface area contributed by atoms with E-state index in [1.807, 2.05) is 12.1 Å². The maximum atomic E-state index is 9.02. The van der Waals surface area contributed by atoms with Gasteiger partial charge >= 0.3 is 0 Å². The van der Waals surface area contributed by atoms with Crippen LogP contribution in [0, 0.1) is 0 Å². The van der Waals surface area contributed by atoms with Gasteiger partial charge in [-0.15, -0.1) is 6.58 Å². The van der Waals surface area contributed by atoms with Crippen LogP contribution in [0.4, 0.5) is 5.69 Å². The van der Waals surface area contributed by atoms with Crippen LogP contribution in [-0.4, -0.2) is 24.8 Å². The Morgan fingerprint density at radius 1 is 1.56 bits per heavy atom. The van der Waals surface area contributed by atoms with Gasteiger partial charge in [-0.2, -0.15) is 0 Å². The number of rotatable bonds is 4. The van der Waals surface area contributed by atoms with Crippen molar-refractivity contribution in [3.63, 3.8) is 0 Å². The van der Waals surface area contributed by atoms with Crippen molar-refractivity contribution >= 4 is 5.69 Å². The Bertz CT molecular complexity index is 390. The molecule has 86 valence electrons. The molecule has 0 radical (unpaired) electrons. The number of hydrogen-bond acceptors (Lipinski definition) is 3. The second-order valence-electron chi connectivity index (χ2n) is 4.16. The van der Waals surface area contributed by atoms with Gasteiger partial charge in [0.2, 0.25) is 0 Å². The lowest BCUT2D eigenvalue weighted by molar-refractivity contribution is 0.268. The predicted octanol–water partition coefficient (Wildman–Crippen LogP) is 1.23. The fourth-order valence-corrected chi connectivity index (χ4v) is 2.17. The van der Waals surface area contributed by atoms with Crippen molar-refractivity contribution < 1.29 is 5.11 Å². The van der Waals surface area contributed by atoms with Crippen molar-refractivity contribution in [1.29, 1.82) is 0 Å². The van der Waals surface area contributed by atoms with Crippen molar-refractivity contribution in [3.05, 3.63) is 42.0 Å². The van der Waals surface area contributed by atoms with E-state index in [-0.39, 0.29) is 12.6 Å². The molecule has 3 heteroatoms. The Morgan fingerprint density at radius 2 is 2.38 bits per heavy atom. The van der Waals surface area contributed by atoms with Gasteiger partial charge < -0.3 is 15.7 Å². The smallest absolute Gasteiger partial charge is 0.0624 e. The van der Waals surface area contributed by atoms with Gasteiger partial charge in [-0.1, -0.05) is 18.2 Å². The van der Waals surface area contributed by atoms with E-state index in [1.165, 1.54) is 11.3 Å². The summed E-state index contributed by atoms with van der Waals surface area (Å²) in [7, 11) is 0. The largest absolute Gasteiger partial charge is 0.394 e. The minimum atomic E-state index is -0.265. The topological polar surface area (TPSA) is 49.5 Å². The van der Waals surface area contributed by atoms with E-state index in [0.29, 0.717) is 0 Å². The molecule has 0 aliphatic carbocycles. The Hall–Kier alpha value is -1.32. The number of nitrogens with zero attached hydrogens (tertiary/aromatic N) is 1. The highest BCUT2D eigenvalue weighted by Crippen LogP contribution is 2.29. The molecule has 1 atom stereocenters.